The largest absolute Gasteiger partial charge is 0.480 e. The van der Waals surface area contributed by atoms with Crippen LogP contribution in [0.15, 0.2) is 59.8 Å². The normalized spacial score (nSPS) is 14.9. The summed E-state index contributed by atoms with van der Waals surface area (Å²) in [5, 5.41) is 12.9. The Morgan fingerprint density at radius 2 is 1.66 bits per heavy atom. The van der Waals surface area contributed by atoms with Gasteiger partial charge in [-0.1, -0.05) is 43.4 Å². The number of benzene rings is 1. The fraction of sp³-hybridized carbons (Fsp3) is 0.360. The molecular weight excluding hydrogens is 528 g/mol. The molecule has 1 aliphatic rings. The molecule has 11 nitrogen and oxygen atoms in total. The van der Waals surface area contributed by atoms with Crippen LogP contribution in [0.3, 0.4) is 0 Å². The first kappa shape index (κ1) is 27.5. The minimum atomic E-state index is -4.08. The number of carboxylic acids is 1. The van der Waals surface area contributed by atoms with E-state index in [0.29, 0.717) is 10.6 Å². The molecule has 1 amide bonds. The van der Waals surface area contributed by atoms with E-state index in [-0.39, 0.29) is 10.8 Å². The molecule has 1 atom stereocenters. The van der Waals surface area contributed by atoms with E-state index in [1.807, 2.05) is 26.0 Å². The molecule has 2 aromatic heterocycles. The molecule has 0 bridgehead atoms. The van der Waals surface area contributed by atoms with E-state index < -0.39 is 34.5 Å². The number of hydrogen-bond acceptors (Lipinski definition) is 9. The lowest BCUT2D eigenvalue weighted by atomic mass is 10.1. The van der Waals surface area contributed by atoms with Crippen LogP contribution in [0, 0.1) is 0 Å². The maximum atomic E-state index is 13.1. The van der Waals surface area contributed by atoms with Crippen molar-refractivity contribution in [3.63, 3.8) is 0 Å². The van der Waals surface area contributed by atoms with Crippen LogP contribution in [0.5, 0.6) is 0 Å². The Hall–Kier alpha value is -3.55. The first-order chi connectivity index (χ1) is 18.2. The van der Waals surface area contributed by atoms with Gasteiger partial charge in [0.05, 0.1) is 10.6 Å². The summed E-state index contributed by atoms with van der Waals surface area (Å²) < 4.78 is 27.3. The van der Waals surface area contributed by atoms with E-state index >= 15 is 0 Å². The van der Waals surface area contributed by atoms with Crippen LogP contribution in [0.2, 0.25) is 0 Å². The molecule has 4 rings (SSSR count). The molecule has 3 N–H and O–H groups in total. The van der Waals surface area contributed by atoms with Gasteiger partial charge in [0.25, 0.3) is 5.91 Å². The molecule has 3 heterocycles. The number of carbonyl (C=O) groups excluding carboxylic acids is 1. The lowest BCUT2D eigenvalue weighted by molar-refractivity contribution is -0.138. The number of hydrogen-bond donors (Lipinski definition) is 3. The molecule has 0 spiro atoms. The van der Waals surface area contributed by atoms with Gasteiger partial charge in [-0.25, -0.2) is 13.4 Å². The summed E-state index contributed by atoms with van der Waals surface area (Å²) in [6.07, 6.45) is 3.54. The topological polar surface area (TPSA) is 145 Å². The monoisotopic (exact) mass is 558 g/mol. The average Bonchev–Trinajstić information content (AvgIpc) is 3.38. The van der Waals surface area contributed by atoms with Gasteiger partial charge in [-0.3, -0.25) is 14.6 Å². The highest BCUT2D eigenvalue weighted by molar-refractivity contribution is 7.89. The van der Waals surface area contributed by atoms with E-state index in [4.69, 9.17) is 4.98 Å². The van der Waals surface area contributed by atoms with Crippen LogP contribution < -0.4 is 19.8 Å². The summed E-state index contributed by atoms with van der Waals surface area (Å²) in [5.74, 6) is -1.92. The van der Waals surface area contributed by atoms with E-state index in [2.05, 4.69) is 24.8 Å². The number of rotatable bonds is 10. The summed E-state index contributed by atoms with van der Waals surface area (Å²) in [6, 6.07) is 9.88. The van der Waals surface area contributed by atoms with Crippen LogP contribution in [-0.4, -0.2) is 74.1 Å². The summed E-state index contributed by atoms with van der Waals surface area (Å²) in [7, 11) is -4.08. The number of pyridine rings is 1. The SMILES string of the molecule is CC(C)c1nc(N2CCN(c3ccncc3)CC2)sc1C(=O)NC[C@H](NS(=O)(=O)c1ccccc1)C(=O)O. The van der Waals surface area contributed by atoms with Crippen molar-refractivity contribution in [3.8, 4) is 0 Å². The van der Waals surface area contributed by atoms with Gasteiger partial charge in [-0.2, -0.15) is 4.72 Å². The van der Waals surface area contributed by atoms with Gasteiger partial charge in [0.15, 0.2) is 5.13 Å². The van der Waals surface area contributed by atoms with Crippen molar-refractivity contribution in [2.24, 2.45) is 0 Å². The Bertz CT molecular complexity index is 1360. The Morgan fingerprint density at radius 3 is 2.26 bits per heavy atom. The van der Waals surface area contributed by atoms with Crippen LogP contribution in [0.1, 0.15) is 35.1 Å². The average molecular weight is 559 g/mol. The molecule has 1 aliphatic heterocycles. The Labute approximate surface area is 225 Å². The van der Waals surface area contributed by atoms with Crippen molar-refractivity contribution in [2.45, 2.75) is 30.7 Å². The van der Waals surface area contributed by atoms with E-state index in [9.17, 15) is 23.1 Å². The molecule has 0 aliphatic carbocycles. The Balaban J connectivity index is 1.43. The second-order valence-electron chi connectivity index (χ2n) is 9.08. The van der Waals surface area contributed by atoms with Crippen molar-refractivity contribution < 1.29 is 23.1 Å². The number of carbonyl (C=O) groups is 2. The number of carboxylic acid groups (broad SMARTS) is 1. The van der Waals surface area contributed by atoms with Crippen molar-refractivity contribution in [3.05, 3.63) is 65.4 Å². The number of aromatic nitrogens is 2. The standard InChI is InChI=1S/C25H30N6O5S2/c1-17(2)21-22(37-25(28-21)31-14-12-30(13-15-31)18-8-10-26-11-9-18)23(32)27-16-20(24(33)34)29-38(35,36)19-6-4-3-5-7-19/h3-11,17,20,29H,12-16H2,1-2H3,(H,27,32)(H,33,34)/t20-/m0/s1. The van der Waals surface area contributed by atoms with Crippen molar-refractivity contribution >= 4 is 44.1 Å². The summed E-state index contributed by atoms with van der Waals surface area (Å²) in [4.78, 5) is 38.4. The maximum Gasteiger partial charge on any atom is 0.323 e. The van der Waals surface area contributed by atoms with Gasteiger partial charge in [0.1, 0.15) is 10.9 Å². The predicted octanol–water partition coefficient (Wildman–Crippen LogP) is 2.15. The van der Waals surface area contributed by atoms with Crippen LogP contribution in [0.25, 0.3) is 0 Å². The molecule has 1 aromatic carbocycles. The van der Waals surface area contributed by atoms with Gasteiger partial charge in [-0.15, -0.1) is 0 Å². The third-order valence-electron chi connectivity index (χ3n) is 6.09. The Morgan fingerprint density at radius 1 is 1.03 bits per heavy atom. The summed E-state index contributed by atoms with van der Waals surface area (Å²) >= 11 is 1.26. The van der Waals surface area contributed by atoms with Gasteiger partial charge in [0, 0.05) is 50.8 Å². The number of amides is 1. The number of aliphatic carboxylic acids is 1. The zero-order valence-electron chi connectivity index (χ0n) is 21.1. The van der Waals surface area contributed by atoms with Crippen LogP contribution in [0.4, 0.5) is 10.8 Å². The quantitative estimate of drug-likeness (QED) is 0.341. The molecule has 0 radical (unpaired) electrons. The third-order valence-corrected chi connectivity index (χ3v) is 8.71. The van der Waals surface area contributed by atoms with Gasteiger partial charge >= 0.3 is 5.97 Å². The fourth-order valence-electron chi connectivity index (χ4n) is 4.03. The minimum Gasteiger partial charge on any atom is -0.480 e. The second-order valence-corrected chi connectivity index (χ2v) is 11.8. The molecule has 0 saturated carbocycles. The highest BCUT2D eigenvalue weighted by Gasteiger charge is 2.29. The summed E-state index contributed by atoms with van der Waals surface area (Å²) in [5.41, 5.74) is 1.73. The molecule has 13 heteroatoms. The Kier molecular flexibility index (Phi) is 8.59. The highest BCUT2D eigenvalue weighted by atomic mass is 32.2. The minimum absolute atomic E-state index is 0.0364. The van der Waals surface area contributed by atoms with Crippen molar-refractivity contribution in [1.29, 1.82) is 0 Å². The second kappa shape index (κ2) is 11.9. The molecule has 1 fully saturated rings. The third kappa shape index (κ3) is 6.47. The van der Waals surface area contributed by atoms with E-state index in [1.54, 1.807) is 30.6 Å². The van der Waals surface area contributed by atoms with Gasteiger partial charge in [-0.05, 0) is 30.2 Å². The number of thiazole rings is 1. The number of nitrogens with zero attached hydrogens (tertiary/aromatic N) is 4. The first-order valence-corrected chi connectivity index (χ1v) is 14.4. The van der Waals surface area contributed by atoms with Crippen LogP contribution in [-0.2, 0) is 14.8 Å². The molecule has 38 heavy (non-hydrogen) atoms. The fourth-order valence-corrected chi connectivity index (χ4v) is 6.43. The number of nitrogens with one attached hydrogen (secondary N) is 2. The van der Waals surface area contributed by atoms with Crippen molar-refractivity contribution in [2.75, 3.05) is 42.5 Å². The highest BCUT2D eigenvalue weighted by Crippen LogP contribution is 2.32. The number of anilines is 2. The lowest BCUT2D eigenvalue weighted by Gasteiger charge is -2.35. The number of piperazine rings is 1. The zero-order valence-corrected chi connectivity index (χ0v) is 22.7. The zero-order chi connectivity index (χ0) is 27.3. The predicted molar refractivity (Wildman–Crippen MR) is 145 cm³/mol. The van der Waals surface area contributed by atoms with Crippen LogP contribution >= 0.6 is 11.3 Å². The summed E-state index contributed by atoms with van der Waals surface area (Å²) in [6.45, 7) is 6.51. The molecule has 202 valence electrons. The molecular formula is C25H30N6O5S2. The van der Waals surface area contributed by atoms with Crippen molar-refractivity contribution in [1.82, 2.24) is 20.0 Å². The molecule has 0 unspecified atom stereocenters. The molecule has 1 saturated heterocycles. The lowest BCUT2D eigenvalue weighted by Crippen LogP contribution is -2.48. The van der Waals surface area contributed by atoms with E-state index in [1.165, 1.54) is 23.5 Å². The maximum absolute atomic E-state index is 13.1. The number of sulfonamides is 1. The molecule has 3 aromatic rings. The van der Waals surface area contributed by atoms with Gasteiger partial charge in [0.2, 0.25) is 10.0 Å². The smallest absolute Gasteiger partial charge is 0.323 e. The first-order valence-electron chi connectivity index (χ1n) is 12.1. The van der Waals surface area contributed by atoms with Gasteiger partial charge < -0.3 is 20.2 Å². The van der Waals surface area contributed by atoms with E-state index in [0.717, 1.165) is 37.0 Å².